The molecule has 8 heavy (non-hydrogen) atoms. The zero-order chi connectivity index (χ0) is 6.62. The average molecular weight is 132 g/mol. The number of hydrogen-bond donors (Lipinski definition) is 1. The largest absolute Gasteiger partial charge is 0.302 e. The molecule has 0 unspecified atom stereocenters. The highest BCUT2D eigenvalue weighted by molar-refractivity contribution is 7.82. The molecule has 0 aliphatic carbocycles. The molecule has 0 saturated heterocycles. The van der Waals surface area contributed by atoms with Crippen LogP contribution in [0.5, 0.6) is 0 Å². The van der Waals surface area contributed by atoms with Crippen molar-refractivity contribution in [2.45, 2.75) is 31.4 Å². The van der Waals surface area contributed by atoms with E-state index in [9.17, 15) is 4.79 Å². The number of carbonyl (C=O) groups excluding carboxylic acids is 1. The molecule has 0 aromatic heterocycles. The summed E-state index contributed by atoms with van der Waals surface area (Å²) in [5.74, 6) is 0. The van der Waals surface area contributed by atoms with Crippen LogP contribution in [0.4, 0.5) is 0 Å². The normalized spacial score (nSPS) is 17.4. The maximum absolute atomic E-state index is 10.1. The van der Waals surface area contributed by atoms with Gasteiger partial charge in [0.25, 0.3) is 0 Å². The molecule has 1 atom stereocenters. The lowest BCUT2D eigenvalue weighted by Gasteiger charge is -2.12. The SMILES string of the molecule is CCC[C@](C)(S)C=O. The van der Waals surface area contributed by atoms with Crippen molar-refractivity contribution in [2.24, 2.45) is 0 Å². The lowest BCUT2D eigenvalue weighted by molar-refractivity contribution is -0.109. The van der Waals surface area contributed by atoms with Crippen molar-refractivity contribution in [1.29, 1.82) is 0 Å². The van der Waals surface area contributed by atoms with Crippen molar-refractivity contribution < 1.29 is 4.79 Å². The van der Waals surface area contributed by atoms with E-state index >= 15 is 0 Å². The molecule has 0 amide bonds. The maximum atomic E-state index is 10.1. The van der Waals surface area contributed by atoms with Crippen molar-refractivity contribution in [3.63, 3.8) is 0 Å². The van der Waals surface area contributed by atoms with Gasteiger partial charge in [-0.1, -0.05) is 13.3 Å². The fourth-order valence-electron chi connectivity index (χ4n) is 0.565. The molecule has 2 heteroatoms. The van der Waals surface area contributed by atoms with Crippen molar-refractivity contribution in [3.05, 3.63) is 0 Å². The van der Waals surface area contributed by atoms with Crippen LogP contribution < -0.4 is 0 Å². The third-order valence-electron chi connectivity index (χ3n) is 1.01. The van der Waals surface area contributed by atoms with E-state index in [0.717, 1.165) is 19.1 Å². The molecule has 0 N–H and O–H groups in total. The molecule has 0 aromatic carbocycles. The predicted molar refractivity (Wildman–Crippen MR) is 38.4 cm³/mol. The molecular weight excluding hydrogens is 120 g/mol. The minimum absolute atomic E-state index is 0.394. The van der Waals surface area contributed by atoms with E-state index in [0.29, 0.717) is 0 Å². The first kappa shape index (κ1) is 8.02. The molecule has 0 radical (unpaired) electrons. The summed E-state index contributed by atoms with van der Waals surface area (Å²) in [6, 6.07) is 0. The zero-order valence-electron chi connectivity index (χ0n) is 5.35. The fraction of sp³-hybridized carbons (Fsp3) is 0.833. The second-order valence-corrected chi connectivity index (χ2v) is 3.25. The van der Waals surface area contributed by atoms with Crippen LogP contribution in [-0.4, -0.2) is 11.0 Å². The van der Waals surface area contributed by atoms with Crippen molar-refractivity contribution in [1.82, 2.24) is 0 Å². The molecule has 0 saturated carbocycles. The number of rotatable bonds is 3. The van der Waals surface area contributed by atoms with E-state index in [1.165, 1.54) is 0 Å². The van der Waals surface area contributed by atoms with E-state index in [4.69, 9.17) is 0 Å². The van der Waals surface area contributed by atoms with E-state index in [-0.39, 0.29) is 0 Å². The van der Waals surface area contributed by atoms with Gasteiger partial charge in [0.15, 0.2) is 0 Å². The Morgan fingerprint density at radius 1 is 1.75 bits per heavy atom. The van der Waals surface area contributed by atoms with Crippen molar-refractivity contribution in [2.75, 3.05) is 0 Å². The van der Waals surface area contributed by atoms with Gasteiger partial charge in [-0.05, 0) is 13.3 Å². The lowest BCUT2D eigenvalue weighted by Crippen LogP contribution is -2.16. The van der Waals surface area contributed by atoms with E-state index in [1.54, 1.807) is 0 Å². The van der Waals surface area contributed by atoms with Crippen LogP contribution >= 0.6 is 12.6 Å². The first-order chi connectivity index (χ1) is 3.62. The Bertz CT molecular complexity index is 78.6. The summed E-state index contributed by atoms with van der Waals surface area (Å²) in [5, 5.41) is 0. The van der Waals surface area contributed by atoms with Crippen LogP contribution in [0.1, 0.15) is 26.7 Å². The Morgan fingerprint density at radius 2 is 2.25 bits per heavy atom. The molecule has 0 spiro atoms. The van der Waals surface area contributed by atoms with Gasteiger partial charge in [0, 0.05) is 0 Å². The zero-order valence-corrected chi connectivity index (χ0v) is 6.24. The Labute approximate surface area is 55.9 Å². The predicted octanol–water partition coefficient (Wildman–Crippen LogP) is 1.67. The van der Waals surface area contributed by atoms with Gasteiger partial charge in [-0.2, -0.15) is 12.6 Å². The second kappa shape index (κ2) is 3.13. The van der Waals surface area contributed by atoms with Gasteiger partial charge in [-0.3, -0.25) is 0 Å². The highest BCUT2D eigenvalue weighted by Gasteiger charge is 2.14. The monoisotopic (exact) mass is 132 g/mol. The van der Waals surface area contributed by atoms with Crippen LogP contribution in [0.25, 0.3) is 0 Å². The average Bonchev–Trinajstić information content (AvgIpc) is 1.67. The molecule has 1 nitrogen and oxygen atoms in total. The lowest BCUT2D eigenvalue weighted by atomic mass is 10.1. The first-order valence-corrected chi connectivity index (χ1v) is 3.26. The van der Waals surface area contributed by atoms with E-state index < -0.39 is 4.75 Å². The first-order valence-electron chi connectivity index (χ1n) is 2.81. The van der Waals surface area contributed by atoms with Gasteiger partial charge in [-0.15, -0.1) is 0 Å². The molecule has 0 aliphatic rings. The third kappa shape index (κ3) is 3.08. The van der Waals surface area contributed by atoms with Gasteiger partial charge >= 0.3 is 0 Å². The Kier molecular flexibility index (Phi) is 3.13. The summed E-state index contributed by atoms with van der Waals surface area (Å²) in [6.45, 7) is 3.87. The number of hydrogen-bond acceptors (Lipinski definition) is 2. The summed E-state index contributed by atoms with van der Waals surface area (Å²) in [5.41, 5.74) is 0. The van der Waals surface area contributed by atoms with Gasteiger partial charge in [-0.25, -0.2) is 0 Å². The maximum Gasteiger partial charge on any atom is 0.135 e. The minimum atomic E-state index is -0.394. The Morgan fingerprint density at radius 3 is 2.38 bits per heavy atom. The minimum Gasteiger partial charge on any atom is -0.302 e. The third-order valence-corrected chi connectivity index (χ3v) is 1.34. The van der Waals surface area contributed by atoms with Crippen molar-refractivity contribution >= 4 is 18.9 Å². The van der Waals surface area contributed by atoms with Crippen LogP contribution in [-0.2, 0) is 4.79 Å². The molecular formula is C6H12OS. The summed E-state index contributed by atoms with van der Waals surface area (Å²) in [6.07, 6.45) is 2.76. The van der Waals surface area contributed by atoms with Gasteiger partial charge in [0.2, 0.25) is 0 Å². The topological polar surface area (TPSA) is 17.1 Å². The van der Waals surface area contributed by atoms with E-state index in [1.807, 2.05) is 13.8 Å². The number of thiol groups is 1. The van der Waals surface area contributed by atoms with Crippen LogP contribution in [0.2, 0.25) is 0 Å². The van der Waals surface area contributed by atoms with Crippen LogP contribution in [0, 0.1) is 0 Å². The molecule has 48 valence electrons. The Balaban J connectivity index is 3.53. The molecule has 0 fully saturated rings. The Hall–Kier alpha value is 0.0200. The van der Waals surface area contributed by atoms with Crippen LogP contribution in [0.15, 0.2) is 0 Å². The quantitative estimate of drug-likeness (QED) is 0.456. The van der Waals surface area contributed by atoms with Crippen LogP contribution in [0.3, 0.4) is 0 Å². The number of carbonyl (C=O) groups is 1. The number of aldehydes is 1. The fourth-order valence-corrected chi connectivity index (χ4v) is 0.789. The summed E-state index contributed by atoms with van der Waals surface area (Å²) < 4.78 is -0.394. The van der Waals surface area contributed by atoms with Crippen molar-refractivity contribution in [3.8, 4) is 0 Å². The van der Waals surface area contributed by atoms with Gasteiger partial charge in [0.05, 0.1) is 4.75 Å². The van der Waals surface area contributed by atoms with Gasteiger partial charge in [0.1, 0.15) is 6.29 Å². The molecule has 0 rings (SSSR count). The van der Waals surface area contributed by atoms with E-state index in [2.05, 4.69) is 12.6 Å². The summed E-state index contributed by atoms with van der Waals surface area (Å²) in [7, 11) is 0. The summed E-state index contributed by atoms with van der Waals surface area (Å²) >= 11 is 4.10. The highest BCUT2D eigenvalue weighted by atomic mass is 32.1. The van der Waals surface area contributed by atoms with Gasteiger partial charge < -0.3 is 4.79 Å². The molecule has 0 heterocycles. The second-order valence-electron chi connectivity index (χ2n) is 2.23. The standard InChI is InChI=1S/C6H12OS/c1-3-4-6(2,8)5-7/h5,8H,3-4H2,1-2H3/t6-/m0/s1. The molecule has 0 bridgehead atoms. The summed E-state index contributed by atoms with van der Waals surface area (Å²) in [4.78, 5) is 10.1. The molecule has 0 aromatic rings. The molecule has 0 aliphatic heterocycles. The smallest absolute Gasteiger partial charge is 0.135 e. The highest BCUT2D eigenvalue weighted by Crippen LogP contribution is 2.16.